The smallest absolute Gasteiger partial charge is 0.324 e. The molecule has 1 aliphatic heterocycles. The van der Waals surface area contributed by atoms with Crippen LogP contribution in [0.4, 0.5) is 0 Å². The largest absolute Gasteiger partial charge is 0.457 e. The molecule has 2 atom stereocenters. The van der Waals surface area contributed by atoms with Crippen LogP contribution in [-0.4, -0.2) is 41.5 Å². The van der Waals surface area contributed by atoms with Gasteiger partial charge in [-0.2, -0.15) is 0 Å². The van der Waals surface area contributed by atoms with Gasteiger partial charge in [0.05, 0.1) is 5.92 Å². The predicted molar refractivity (Wildman–Crippen MR) is 88.8 cm³/mol. The lowest BCUT2D eigenvalue weighted by Gasteiger charge is -2.44. The van der Waals surface area contributed by atoms with Crippen LogP contribution in [0.5, 0.6) is 0 Å². The molecule has 2 rings (SSSR count). The summed E-state index contributed by atoms with van der Waals surface area (Å²) in [6, 6.07) is 7.23. The molecule has 5 nitrogen and oxygen atoms in total. The van der Waals surface area contributed by atoms with E-state index >= 15 is 0 Å². The summed E-state index contributed by atoms with van der Waals surface area (Å²) in [7, 11) is 0. The van der Waals surface area contributed by atoms with E-state index in [0.717, 1.165) is 11.1 Å². The van der Waals surface area contributed by atoms with Gasteiger partial charge in [0.25, 0.3) is 0 Å². The fourth-order valence-corrected chi connectivity index (χ4v) is 3.27. The Bertz CT molecular complexity index is 598. The molecule has 1 aromatic carbocycles. The number of esters is 1. The van der Waals surface area contributed by atoms with Gasteiger partial charge in [0.15, 0.2) is 0 Å². The summed E-state index contributed by atoms with van der Waals surface area (Å²) in [5.41, 5.74) is 7.21. The molecular formula is C18H26N2O3. The minimum atomic E-state index is -0.620. The Kier molecular flexibility index (Phi) is 5.09. The molecule has 1 heterocycles. The highest BCUT2D eigenvalue weighted by Gasteiger charge is 2.45. The van der Waals surface area contributed by atoms with Gasteiger partial charge in [-0.1, -0.05) is 31.2 Å². The number of carbonyl (C=O) groups is 2. The van der Waals surface area contributed by atoms with Crippen LogP contribution < -0.4 is 5.73 Å². The molecule has 1 saturated heterocycles. The summed E-state index contributed by atoms with van der Waals surface area (Å²) in [5.74, 6) is -1.42. The van der Waals surface area contributed by atoms with E-state index in [1.54, 1.807) is 0 Å². The minimum absolute atomic E-state index is 0.361. The Morgan fingerprint density at radius 2 is 2.09 bits per heavy atom. The SMILES string of the molecule is CCN1CC(C)(C)OC(=O)C1C(Cc1ccccc1C)C(N)=O. The molecule has 0 radical (unpaired) electrons. The second-order valence-corrected chi connectivity index (χ2v) is 6.83. The molecular weight excluding hydrogens is 292 g/mol. The van der Waals surface area contributed by atoms with E-state index in [4.69, 9.17) is 10.5 Å². The maximum Gasteiger partial charge on any atom is 0.324 e. The lowest BCUT2D eigenvalue weighted by atomic mass is 9.87. The highest BCUT2D eigenvalue weighted by atomic mass is 16.6. The Balaban J connectivity index is 2.31. The number of rotatable bonds is 5. The molecule has 0 aliphatic carbocycles. The highest BCUT2D eigenvalue weighted by molar-refractivity contribution is 5.87. The first-order chi connectivity index (χ1) is 10.7. The van der Waals surface area contributed by atoms with Crippen molar-refractivity contribution in [1.82, 2.24) is 4.90 Å². The molecule has 5 heteroatoms. The first kappa shape index (κ1) is 17.5. The van der Waals surface area contributed by atoms with Gasteiger partial charge < -0.3 is 10.5 Å². The molecule has 0 bridgehead atoms. The van der Waals surface area contributed by atoms with Crippen molar-refractivity contribution < 1.29 is 14.3 Å². The molecule has 1 aliphatic rings. The van der Waals surface area contributed by atoms with E-state index in [1.807, 2.05) is 56.9 Å². The maximum atomic E-state index is 12.5. The van der Waals surface area contributed by atoms with Gasteiger partial charge >= 0.3 is 5.97 Å². The van der Waals surface area contributed by atoms with E-state index in [2.05, 4.69) is 0 Å². The highest BCUT2D eigenvalue weighted by Crippen LogP contribution is 2.28. The fraction of sp³-hybridized carbons (Fsp3) is 0.556. The topological polar surface area (TPSA) is 72.6 Å². The third-order valence-corrected chi connectivity index (χ3v) is 4.45. The standard InChI is InChI=1S/C18H26N2O3/c1-5-20-11-18(3,4)23-17(22)15(20)14(16(19)21)10-13-9-7-6-8-12(13)2/h6-9,14-15H,5,10-11H2,1-4H3,(H2,19,21). The van der Waals surface area contributed by atoms with Gasteiger partial charge in [0.2, 0.25) is 5.91 Å². The number of nitrogens with zero attached hydrogens (tertiary/aromatic N) is 1. The van der Waals surface area contributed by atoms with Crippen molar-refractivity contribution in [3.8, 4) is 0 Å². The molecule has 23 heavy (non-hydrogen) atoms. The van der Waals surface area contributed by atoms with Crippen molar-refractivity contribution in [3.05, 3.63) is 35.4 Å². The molecule has 126 valence electrons. The zero-order valence-corrected chi connectivity index (χ0v) is 14.3. The van der Waals surface area contributed by atoms with E-state index < -0.39 is 23.5 Å². The van der Waals surface area contributed by atoms with Gasteiger partial charge in [-0.3, -0.25) is 14.5 Å². The maximum absolute atomic E-state index is 12.5. The molecule has 2 N–H and O–H groups in total. The number of hydrogen-bond acceptors (Lipinski definition) is 4. The number of amides is 1. The Labute approximate surface area is 137 Å². The van der Waals surface area contributed by atoms with E-state index in [-0.39, 0.29) is 5.97 Å². The van der Waals surface area contributed by atoms with Crippen molar-refractivity contribution in [2.24, 2.45) is 11.7 Å². The van der Waals surface area contributed by atoms with Crippen LogP contribution in [-0.2, 0) is 20.7 Å². The average molecular weight is 318 g/mol. The average Bonchev–Trinajstić information content (AvgIpc) is 2.45. The summed E-state index contributed by atoms with van der Waals surface area (Å²) in [4.78, 5) is 26.6. The molecule has 0 saturated carbocycles. The summed E-state index contributed by atoms with van der Waals surface area (Å²) >= 11 is 0. The number of primary amides is 1. The van der Waals surface area contributed by atoms with Crippen molar-refractivity contribution in [2.45, 2.75) is 45.8 Å². The monoisotopic (exact) mass is 318 g/mol. The minimum Gasteiger partial charge on any atom is -0.457 e. The van der Waals surface area contributed by atoms with Crippen molar-refractivity contribution >= 4 is 11.9 Å². The molecule has 0 aromatic heterocycles. The number of aryl methyl sites for hydroxylation is 1. The number of morpholine rings is 1. The normalized spacial score (nSPS) is 22.4. The number of hydrogen-bond donors (Lipinski definition) is 1. The molecule has 1 amide bonds. The number of carbonyl (C=O) groups excluding carboxylic acids is 2. The van der Waals surface area contributed by atoms with Crippen LogP contribution in [0.3, 0.4) is 0 Å². The Morgan fingerprint density at radius 1 is 1.43 bits per heavy atom. The third-order valence-electron chi connectivity index (χ3n) is 4.45. The first-order valence-corrected chi connectivity index (χ1v) is 8.06. The lowest BCUT2D eigenvalue weighted by Crippen LogP contribution is -2.61. The fourth-order valence-electron chi connectivity index (χ4n) is 3.27. The predicted octanol–water partition coefficient (Wildman–Crippen LogP) is 1.66. The van der Waals surface area contributed by atoms with Gasteiger partial charge in [0.1, 0.15) is 11.6 Å². The van der Waals surface area contributed by atoms with Crippen LogP contribution in [0.15, 0.2) is 24.3 Å². The van der Waals surface area contributed by atoms with Crippen molar-refractivity contribution in [2.75, 3.05) is 13.1 Å². The number of nitrogens with two attached hydrogens (primary N) is 1. The van der Waals surface area contributed by atoms with Gasteiger partial charge in [-0.05, 0) is 44.9 Å². The quantitative estimate of drug-likeness (QED) is 0.838. The second kappa shape index (κ2) is 6.71. The molecule has 1 aromatic rings. The molecule has 1 fully saturated rings. The van der Waals surface area contributed by atoms with Crippen LogP contribution in [0.25, 0.3) is 0 Å². The Morgan fingerprint density at radius 3 is 2.65 bits per heavy atom. The van der Waals surface area contributed by atoms with Crippen molar-refractivity contribution in [3.63, 3.8) is 0 Å². The molecule has 0 spiro atoms. The van der Waals surface area contributed by atoms with Gasteiger partial charge in [0, 0.05) is 6.54 Å². The van der Waals surface area contributed by atoms with Crippen molar-refractivity contribution in [1.29, 1.82) is 0 Å². The summed E-state index contributed by atoms with van der Waals surface area (Å²) in [6.45, 7) is 8.99. The van der Waals surface area contributed by atoms with Crippen LogP contribution in [0.2, 0.25) is 0 Å². The van der Waals surface area contributed by atoms with E-state index in [9.17, 15) is 9.59 Å². The van der Waals surface area contributed by atoms with Gasteiger partial charge in [-0.15, -0.1) is 0 Å². The van der Waals surface area contributed by atoms with Crippen LogP contribution >= 0.6 is 0 Å². The van der Waals surface area contributed by atoms with E-state index in [1.165, 1.54) is 0 Å². The first-order valence-electron chi connectivity index (χ1n) is 8.06. The third kappa shape index (κ3) is 3.91. The van der Waals surface area contributed by atoms with Crippen LogP contribution in [0.1, 0.15) is 31.9 Å². The summed E-state index contributed by atoms with van der Waals surface area (Å²) in [6.07, 6.45) is 0.443. The van der Waals surface area contributed by atoms with Crippen LogP contribution in [0, 0.1) is 12.8 Å². The summed E-state index contributed by atoms with van der Waals surface area (Å²) < 4.78 is 5.53. The zero-order chi connectivity index (χ0) is 17.2. The Hall–Kier alpha value is -1.88. The number of likely N-dealkylation sites (N-methyl/N-ethyl adjacent to an activating group) is 1. The van der Waals surface area contributed by atoms with Gasteiger partial charge in [-0.25, -0.2) is 0 Å². The van der Waals surface area contributed by atoms with E-state index in [0.29, 0.717) is 19.5 Å². The number of benzene rings is 1. The summed E-state index contributed by atoms with van der Waals surface area (Å²) in [5, 5.41) is 0. The zero-order valence-electron chi connectivity index (χ0n) is 14.3. The second-order valence-electron chi connectivity index (χ2n) is 6.83. The number of ether oxygens (including phenoxy) is 1. The molecule has 2 unspecified atom stereocenters. The number of cyclic esters (lactones) is 1. The lowest BCUT2D eigenvalue weighted by molar-refractivity contribution is -0.182.